The molecular formula is C85H116N24O9. The van der Waals surface area contributed by atoms with Crippen molar-refractivity contribution >= 4 is 84.0 Å². The topological polar surface area (TPSA) is 454 Å². The van der Waals surface area contributed by atoms with Crippen LogP contribution in [0.15, 0.2) is 92.6 Å². The van der Waals surface area contributed by atoms with E-state index in [2.05, 4.69) is 212 Å². The largest absolute Gasteiger partial charge is 0.387 e. The lowest BCUT2D eigenvalue weighted by atomic mass is 9.76. The molecule has 33 heteroatoms. The number of nitrogens with zero attached hydrogens (tertiary/aromatic N) is 18. The zero-order chi connectivity index (χ0) is 83.1. The molecule has 6 aliphatic rings. The van der Waals surface area contributed by atoms with Crippen molar-refractivity contribution in [3.63, 3.8) is 0 Å². The molecule has 3 aliphatic heterocycles. The third kappa shape index (κ3) is 16.9. The lowest BCUT2D eigenvalue weighted by Crippen LogP contribution is -2.49. The molecule has 12 atom stereocenters. The molecule has 3 aliphatic carbocycles. The van der Waals surface area contributed by atoms with Gasteiger partial charge in [-0.2, -0.15) is 0 Å². The van der Waals surface area contributed by atoms with Crippen molar-refractivity contribution in [2.45, 2.75) is 254 Å². The van der Waals surface area contributed by atoms with Crippen LogP contribution in [-0.4, -0.2) is 247 Å². The number of aliphatic hydroxyl groups is 6. The van der Waals surface area contributed by atoms with Gasteiger partial charge >= 0.3 is 0 Å². The van der Waals surface area contributed by atoms with Gasteiger partial charge < -0.3 is 86.8 Å². The van der Waals surface area contributed by atoms with Gasteiger partial charge in [-0.25, -0.2) is 59.8 Å². The molecule has 3 saturated heterocycles. The average molecular weight is 1620 g/mol. The van der Waals surface area contributed by atoms with Crippen molar-refractivity contribution in [2.24, 2.45) is 17.8 Å². The first-order valence-electron chi connectivity index (χ1n) is 41.7. The van der Waals surface area contributed by atoms with E-state index in [4.69, 9.17) is 46.4 Å². The van der Waals surface area contributed by atoms with Gasteiger partial charge in [0, 0.05) is 57.0 Å². The summed E-state index contributed by atoms with van der Waals surface area (Å²) >= 11 is 0. The number of benzene rings is 3. The van der Waals surface area contributed by atoms with Crippen LogP contribution in [0.3, 0.4) is 0 Å². The summed E-state index contributed by atoms with van der Waals surface area (Å²) in [4.78, 5) is 69.2. The summed E-state index contributed by atoms with van der Waals surface area (Å²) in [6.07, 6.45) is 11.0. The number of nitrogens with two attached hydrogens (primary N) is 3. The van der Waals surface area contributed by atoms with Crippen LogP contribution in [0.25, 0.3) is 66.6 Å². The van der Waals surface area contributed by atoms with E-state index >= 15 is 0 Å². The van der Waals surface area contributed by atoms with E-state index < -0.39 is 73.6 Å². The maximum atomic E-state index is 10.9. The number of imidazole rings is 6. The first kappa shape index (κ1) is 82.3. The molecule has 18 rings (SSSR count). The van der Waals surface area contributed by atoms with E-state index in [0.717, 1.165) is 134 Å². The Balaban J connectivity index is 0.000000132. The molecule has 0 radical (unpaired) electrons. The Kier molecular flexibility index (Phi) is 23.0. The van der Waals surface area contributed by atoms with E-state index in [1.807, 2.05) is 0 Å². The lowest BCUT2D eigenvalue weighted by molar-refractivity contribution is -0.0550. The summed E-state index contributed by atoms with van der Waals surface area (Å²) in [5.41, 5.74) is 31.1. The van der Waals surface area contributed by atoms with Gasteiger partial charge in [0.25, 0.3) is 0 Å². The van der Waals surface area contributed by atoms with E-state index in [0.29, 0.717) is 89.0 Å². The van der Waals surface area contributed by atoms with Gasteiger partial charge in [-0.3, -0.25) is 18.6 Å². The van der Waals surface area contributed by atoms with Gasteiger partial charge in [-0.1, -0.05) is 87.4 Å². The molecule has 0 bridgehead atoms. The second kappa shape index (κ2) is 33.0. The van der Waals surface area contributed by atoms with Gasteiger partial charge in [-0.15, -0.1) is 0 Å². The summed E-state index contributed by atoms with van der Waals surface area (Å²) in [5.74, 6) is 5.88. The van der Waals surface area contributed by atoms with Crippen molar-refractivity contribution in [3.05, 3.63) is 127 Å². The Labute approximate surface area is 685 Å². The molecule has 6 fully saturated rings. The van der Waals surface area contributed by atoms with Crippen LogP contribution in [0.4, 0.5) is 17.5 Å². The first-order chi connectivity index (χ1) is 56.3. The molecule has 3 saturated carbocycles. The summed E-state index contributed by atoms with van der Waals surface area (Å²) in [7, 11) is 4.12. The maximum absolute atomic E-state index is 10.9. The van der Waals surface area contributed by atoms with Crippen LogP contribution in [0, 0.1) is 17.8 Å². The number of likely N-dealkylation sites (N-methyl/N-ethyl adjacent to an activating group) is 3. The van der Waals surface area contributed by atoms with E-state index in [9.17, 15) is 30.6 Å². The number of anilines is 3. The molecule has 3 aromatic carbocycles. The molecule has 15 N–H and O–H groups in total. The number of ether oxygens (including phenoxy) is 3. The molecule has 630 valence electrons. The van der Waals surface area contributed by atoms with Gasteiger partial charge in [-0.05, 0) is 166 Å². The van der Waals surface area contributed by atoms with Crippen LogP contribution in [0.1, 0.15) is 180 Å². The number of H-pyrrole nitrogens is 3. The van der Waals surface area contributed by atoms with E-state index in [-0.39, 0.29) is 33.7 Å². The van der Waals surface area contributed by atoms with Crippen LogP contribution < -0.4 is 17.2 Å². The van der Waals surface area contributed by atoms with Gasteiger partial charge in [0.1, 0.15) is 108 Å². The second-order valence-electron chi connectivity index (χ2n) is 36.9. The fourth-order valence-corrected chi connectivity index (χ4v) is 17.9. The van der Waals surface area contributed by atoms with Crippen LogP contribution in [0.5, 0.6) is 0 Å². The number of aromatic amines is 3. The Morgan fingerprint density at radius 3 is 1.00 bits per heavy atom. The van der Waals surface area contributed by atoms with Crippen LogP contribution in [0.2, 0.25) is 0 Å². The predicted molar refractivity (Wildman–Crippen MR) is 448 cm³/mol. The number of nitrogens with one attached hydrogen (secondary N) is 3. The third-order valence-electron chi connectivity index (χ3n) is 25.7. The molecule has 0 unspecified atom stereocenters. The number of hydrogen-bond donors (Lipinski definition) is 12. The standard InChI is InChI=1S/C29H40N8O3.2C28H38N8O3/c1-5-36(13-21-24(38)25(39)28(40-21)37-15-33-23-26(30)31-14-32-27(23)37)18-10-16(11-18)6-9-22-34-19-8-7-17(29(2,3)4)12-20(19)35-22;2*1-28(2,3)16-6-7-18-19(11-16)34-21(33-18)8-5-15-9-17(10-15)35(4)12-20-23(37)24(38)27(39-20)36-14-32-22-25(29)30-13-31-26(22)36/h7-8,12,14-16,18,21,24-25,28,38-39H,5-6,9-11,13H2,1-4H3,(H,34,35)(H2,30,31,32);2*6-7,11,13-15,17,20,23-24,27,37-38H,5,8-10,12H2,1-4H3,(H,33,34)(H2,29,30,31)/t16?,18?,21-,24-,25-,28-;2*15?,17?,20-,23-,24-,27-/m111/s1. The predicted octanol–water partition coefficient (Wildman–Crippen LogP) is 8.02. The number of hydrogen-bond acceptors (Lipinski definition) is 27. The summed E-state index contributed by atoms with van der Waals surface area (Å²) in [5, 5.41) is 64.7. The zero-order valence-electron chi connectivity index (χ0n) is 69.6. The minimum atomic E-state index is -1.10. The average Bonchev–Trinajstić information content (AvgIpc) is 1.63. The summed E-state index contributed by atoms with van der Waals surface area (Å²) in [6, 6.07) is 20.8. The SMILES string of the molecule is CCN(C[C@H]1O[C@@H](n2cnc3c(N)ncnc32)[C@H](O)[C@@H]1O)C1CC(CCc2nc3ccc(C(C)(C)C)cc3[nH]2)C1.CN(C[C@H]1O[C@@H](n2cnc3c(N)ncnc32)[C@H](O)[C@@H]1O)C1CC(CCc2nc3ccc(C(C)(C)C)cc3[nH]2)C1.CN(C[C@H]1O[C@@H](n2cnc3c(N)ncnc32)[C@H](O)[C@@H]1O)C1CC(CCc2nc3ccc(C(C)(C)C)cc3[nH]2)C1. The number of aliphatic hydroxyl groups excluding tert-OH is 6. The van der Waals surface area contributed by atoms with Crippen molar-refractivity contribution in [3.8, 4) is 0 Å². The number of nitrogen functional groups attached to an aromatic ring is 3. The van der Waals surface area contributed by atoms with Gasteiger partial charge in [0.05, 0.1) is 52.1 Å². The summed E-state index contributed by atoms with van der Waals surface area (Å²) in [6.45, 7) is 24.6. The number of fused-ring (bicyclic) bond motifs is 6. The Hall–Kier alpha value is -9.36. The molecule has 9 aromatic heterocycles. The number of rotatable bonds is 22. The molecule has 118 heavy (non-hydrogen) atoms. The Bertz CT molecular complexity index is 5270. The van der Waals surface area contributed by atoms with E-state index in [1.165, 1.54) is 54.7 Å². The van der Waals surface area contributed by atoms with Crippen LogP contribution >= 0.6 is 0 Å². The second-order valence-corrected chi connectivity index (χ2v) is 36.9. The van der Waals surface area contributed by atoms with Crippen molar-refractivity contribution in [1.29, 1.82) is 0 Å². The van der Waals surface area contributed by atoms with Crippen molar-refractivity contribution in [1.82, 2.24) is 103 Å². The summed E-state index contributed by atoms with van der Waals surface area (Å²) < 4.78 is 23.3. The molecule has 0 spiro atoms. The molecular weight excluding hydrogens is 1500 g/mol. The molecule has 33 nitrogen and oxygen atoms in total. The number of aryl methyl sites for hydroxylation is 3. The van der Waals surface area contributed by atoms with Crippen LogP contribution in [-0.2, 0) is 49.7 Å². The minimum absolute atomic E-state index is 0.113. The Morgan fingerprint density at radius 1 is 0.407 bits per heavy atom. The normalized spacial score (nSPS) is 27.4. The molecule has 12 aromatic rings. The monoisotopic (exact) mass is 1620 g/mol. The van der Waals surface area contributed by atoms with Gasteiger partial charge in [0.15, 0.2) is 53.1 Å². The number of aromatic nitrogens is 18. The quantitative estimate of drug-likeness (QED) is 0.0305. The van der Waals surface area contributed by atoms with Crippen molar-refractivity contribution in [2.75, 3.05) is 57.5 Å². The van der Waals surface area contributed by atoms with E-state index in [1.54, 1.807) is 13.7 Å². The molecule has 0 amide bonds. The third-order valence-corrected chi connectivity index (χ3v) is 25.7. The highest BCUT2D eigenvalue weighted by molar-refractivity contribution is 5.83. The fraction of sp³-hybridized carbons (Fsp3) is 0.576. The Morgan fingerprint density at radius 2 is 0.703 bits per heavy atom. The minimum Gasteiger partial charge on any atom is -0.387 e. The first-order valence-corrected chi connectivity index (χ1v) is 41.7. The lowest BCUT2D eigenvalue weighted by Gasteiger charge is -2.43. The fourth-order valence-electron chi connectivity index (χ4n) is 17.9. The van der Waals surface area contributed by atoms with Crippen molar-refractivity contribution < 1.29 is 44.8 Å². The zero-order valence-corrected chi connectivity index (χ0v) is 69.6. The maximum Gasteiger partial charge on any atom is 0.167 e. The highest BCUT2D eigenvalue weighted by Crippen LogP contribution is 2.43. The highest BCUT2D eigenvalue weighted by atomic mass is 16.6. The molecule has 12 heterocycles. The highest BCUT2D eigenvalue weighted by Gasteiger charge is 2.49. The smallest absolute Gasteiger partial charge is 0.167 e. The van der Waals surface area contributed by atoms with Gasteiger partial charge in [0.2, 0.25) is 0 Å².